The van der Waals surface area contributed by atoms with Gasteiger partial charge in [-0.3, -0.25) is 4.99 Å². The van der Waals surface area contributed by atoms with Crippen LogP contribution in [0.1, 0.15) is 27.2 Å². The van der Waals surface area contributed by atoms with Gasteiger partial charge in [-0.2, -0.15) is 24.9 Å². The first-order chi connectivity index (χ1) is 9.33. The predicted molar refractivity (Wildman–Crippen MR) is 94.7 cm³/mol. The van der Waals surface area contributed by atoms with Crippen LogP contribution in [0.25, 0.3) is 0 Å². The Balaban J connectivity index is 0.00000400. The van der Waals surface area contributed by atoms with Gasteiger partial charge in [-0.1, -0.05) is 13.8 Å². The minimum Gasteiger partial charge on any atom is -0.357 e. The van der Waals surface area contributed by atoms with Crippen LogP contribution in [0.4, 0.5) is 13.2 Å². The molecule has 0 aromatic rings. The third-order valence-corrected chi connectivity index (χ3v) is 4.67. The molecule has 0 amide bonds. The van der Waals surface area contributed by atoms with E-state index in [1.54, 1.807) is 0 Å². The summed E-state index contributed by atoms with van der Waals surface area (Å²) in [5.41, 5.74) is 0. The molecule has 0 aliphatic carbocycles. The Bertz CT molecular complexity index is 324. The number of thioether (sulfide) groups is 1. The lowest BCUT2D eigenvalue weighted by Crippen LogP contribution is -2.49. The van der Waals surface area contributed by atoms with Crippen LogP contribution in [0, 0.1) is 5.92 Å². The number of hydrogen-bond acceptors (Lipinski definition) is 2. The molecule has 21 heavy (non-hydrogen) atoms. The summed E-state index contributed by atoms with van der Waals surface area (Å²) in [6.45, 7) is 8.43. The van der Waals surface area contributed by atoms with E-state index >= 15 is 0 Å². The summed E-state index contributed by atoms with van der Waals surface area (Å²) in [7, 11) is 0. The summed E-state index contributed by atoms with van der Waals surface area (Å²) in [4.78, 5) is 6.20. The molecule has 0 saturated carbocycles. The quantitative estimate of drug-likeness (QED) is 0.412. The molecule has 1 saturated heterocycles. The second kappa shape index (κ2) is 10.0. The van der Waals surface area contributed by atoms with Crippen molar-refractivity contribution < 1.29 is 13.2 Å². The van der Waals surface area contributed by atoms with Crippen LogP contribution in [0.15, 0.2) is 4.99 Å². The zero-order chi connectivity index (χ0) is 15.2. The molecule has 1 aliphatic rings. The highest BCUT2D eigenvalue weighted by atomic mass is 127. The van der Waals surface area contributed by atoms with Crippen molar-refractivity contribution in [1.82, 2.24) is 10.2 Å². The fraction of sp³-hybridized carbons (Fsp3) is 0.923. The van der Waals surface area contributed by atoms with Gasteiger partial charge in [0.2, 0.25) is 0 Å². The molecular weight excluding hydrogens is 414 g/mol. The molecule has 1 rings (SSSR count). The number of guanidine groups is 1. The second-order valence-corrected chi connectivity index (χ2v) is 6.55. The molecule has 0 aromatic carbocycles. The van der Waals surface area contributed by atoms with E-state index in [-0.39, 0.29) is 30.5 Å². The van der Waals surface area contributed by atoms with Gasteiger partial charge >= 0.3 is 6.18 Å². The third kappa shape index (κ3) is 8.37. The number of alkyl halides is 3. The van der Waals surface area contributed by atoms with Crippen molar-refractivity contribution in [2.24, 2.45) is 10.9 Å². The zero-order valence-corrected chi connectivity index (χ0v) is 15.9. The maximum atomic E-state index is 12.2. The molecule has 1 aliphatic heterocycles. The predicted octanol–water partition coefficient (Wildman–Crippen LogP) is 3.60. The molecule has 0 radical (unpaired) electrons. The standard InChI is InChI=1S/C13H24F3N3S.HI/c1-4-17-12(18-6-5-13(14,15)16)19-7-8-20-11(9-19)10(2)3;/h10-11H,4-9H2,1-3H3,(H,17,18);1H. The van der Waals surface area contributed by atoms with Gasteiger partial charge in [0.05, 0.1) is 13.0 Å². The Morgan fingerprint density at radius 2 is 2.10 bits per heavy atom. The lowest BCUT2D eigenvalue weighted by atomic mass is 10.1. The number of nitrogens with zero attached hydrogens (tertiary/aromatic N) is 2. The van der Waals surface area contributed by atoms with Crippen molar-refractivity contribution in [3.05, 3.63) is 0 Å². The van der Waals surface area contributed by atoms with Crippen LogP contribution in [-0.2, 0) is 0 Å². The minimum absolute atomic E-state index is 0. The smallest absolute Gasteiger partial charge is 0.357 e. The normalized spacial score (nSPS) is 20.4. The van der Waals surface area contributed by atoms with E-state index < -0.39 is 12.6 Å². The second-order valence-electron chi connectivity index (χ2n) is 5.20. The van der Waals surface area contributed by atoms with Crippen molar-refractivity contribution in [3.63, 3.8) is 0 Å². The number of aliphatic imine (C=N–C) groups is 1. The topological polar surface area (TPSA) is 27.6 Å². The summed E-state index contributed by atoms with van der Waals surface area (Å²) >= 11 is 1.93. The molecule has 1 atom stereocenters. The fourth-order valence-electron chi connectivity index (χ4n) is 1.99. The fourth-order valence-corrected chi connectivity index (χ4v) is 3.28. The van der Waals surface area contributed by atoms with E-state index in [0.717, 1.165) is 18.8 Å². The van der Waals surface area contributed by atoms with E-state index in [1.165, 1.54) is 0 Å². The van der Waals surface area contributed by atoms with Gasteiger partial charge in [-0.25, -0.2) is 0 Å². The Morgan fingerprint density at radius 3 is 2.62 bits per heavy atom. The van der Waals surface area contributed by atoms with Crippen molar-refractivity contribution in [2.45, 2.75) is 38.6 Å². The third-order valence-electron chi connectivity index (χ3n) is 3.13. The van der Waals surface area contributed by atoms with E-state index in [4.69, 9.17) is 0 Å². The average Bonchev–Trinajstić information content (AvgIpc) is 2.36. The Hall–Kier alpha value is 0.140. The SMILES string of the molecule is CCNC(=NCCC(F)(F)F)N1CCSC(C(C)C)C1.I. The van der Waals surface area contributed by atoms with Crippen LogP contribution >= 0.6 is 35.7 Å². The van der Waals surface area contributed by atoms with Gasteiger partial charge in [0.1, 0.15) is 0 Å². The van der Waals surface area contributed by atoms with Crippen molar-refractivity contribution in [1.29, 1.82) is 0 Å². The lowest BCUT2D eigenvalue weighted by Gasteiger charge is -2.36. The van der Waals surface area contributed by atoms with Crippen molar-refractivity contribution >= 4 is 41.7 Å². The molecule has 3 nitrogen and oxygen atoms in total. The van der Waals surface area contributed by atoms with Crippen LogP contribution in [0.3, 0.4) is 0 Å². The van der Waals surface area contributed by atoms with Gasteiger partial charge in [0, 0.05) is 30.6 Å². The molecule has 1 N–H and O–H groups in total. The first-order valence-corrected chi connectivity index (χ1v) is 8.10. The van der Waals surface area contributed by atoms with Gasteiger partial charge in [-0.05, 0) is 12.8 Å². The first-order valence-electron chi connectivity index (χ1n) is 7.05. The lowest BCUT2D eigenvalue weighted by molar-refractivity contribution is -0.132. The molecule has 1 fully saturated rings. The number of rotatable bonds is 4. The van der Waals surface area contributed by atoms with E-state index in [1.807, 2.05) is 18.7 Å². The molecule has 126 valence electrons. The van der Waals surface area contributed by atoms with E-state index in [9.17, 15) is 13.2 Å². The molecule has 0 spiro atoms. The summed E-state index contributed by atoms with van der Waals surface area (Å²) in [6, 6.07) is 0. The number of halogens is 4. The van der Waals surface area contributed by atoms with Crippen molar-refractivity contribution in [3.8, 4) is 0 Å². The van der Waals surface area contributed by atoms with E-state index in [2.05, 4.69) is 29.1 Å². The van der Waals surface area contributed by atoms with Crippen molar-refractivity contribution in [2.75, 3.05) is 31.9 Å². The van der Waals surface area contributed by atoms with E-state index in [0.29, 0.717) is 23.7 Å². The van der Waals surface area contributed by atoms with Gasteiger partial charge in [-0.15, -0.1) is 24.0 Å². The van der Waals surface area contributed by atoms with Crippen LogP contribution in [-0.4, -0.2) is 54.2 Å². The monoisotopic (exact) mass is 439 g/mol. The number of nitrogens with one attached hydrogen (secondary N) is 1. The first kappa shape index (κ1) is 21.1. The van der Waals surface area contributed by atoms with Gasteiger partial charge < -0.3 is 10.2 Å². The van der Waals surface area contributed by atoms with Crippen LogP contribution in [0.5, 0.6) is 0 Å². The molecule has 8 heteroatoms. The maximum absolute atomic E-state index is 12.2. The average molecular weight is 439 g/mol. The highest BCUT2D eigenvalue weighted by Gasteiger charge is 2.27. The number of hydrogen-bond donors (Lipinski definition) is 1. The summed E-state index contributed by atoms with van der Waals surface area (Å²) < 4.78 is 36.6. The summed E-state index contributed by atoms with van der Waals surface area (Å²) in [5, 5.41) is 3.61. The minimum atomic E-state index is -4.14. The Morgan fingerprint density at radius 1 is 1.43 bits per heavy atom. The summed E-state index contributed by atoms with van der Waals surface area (Å²) in [5.74, 6) is 2.16. The Labute approximate surface area is 146 Å². The van der Waals surface area contributed by atoms with Crippen LogP contribution < -0.4 is 5.32 Å². The molecule has 0 aromatic heterocycles. The molecular formula is C13H25F3IN3S. The maximum Gasteiger partial charge on any atom is 0.390 e. The molecule has 0 bridgehead atoms. The highest BCUT2D eigenvalue weighted by Crippen LogP contribution is 2.25. The molecule has 1 heterocycles. The Kier molecular flexibility index (Phi) is 10.1. The van der Waals surface area contributed by atoms with Gasteiger partial charge in [0.15, 0.2) is 5.96 Å². The molecule has 1 unspecified atom stereocenters. The van der Waals surface area contributed by atoms with Gasteiger partial charge in [0.25, 0.3) is 0 Å². The zero-order valence-electron chi connectivity index (χ0n) is 12.7. The highest BCUT2D eigenvalue weighted by molar-refractivity contribution is 14.0. The largest absolute Gasteiger partial charge is 0.390 e. The van der Waals surface area contributed by atoms with Crippen LogP contribution in [0.2, 0.25) is 0 Å². The summed E-state index contributed by atoms with van der Waals surface area (Å²) in [6.07, 6.45) is -5.00.